The summed E-state index contributed by atoms with van der Waals surface area (Å²) in [4.78, 5) is 12.3. The molecule has 0 heterocycles. The summed E-state index contributed by atoms with van der Waals surface area (Å²) >= 11 is 0. The standard InChI is InChI=1S/C20H23N3O/c1-4-14(2)17-7-11-18(12-8-17)22-15(3)20(24)23-19-9-5-16(13-21)6-10-19/h5-12,14-15,22H,4H2,1-3H3,(H,23,24)/t14-,15-/m0/s1. The number of hydrogen-bond acceptors (Lipinski definition) is 3. The first-order valence-electron chi connectivity index (χ1n) is 8.21. The van der Waals surface area contributed by atoms with Gasteiger partial charge in [0.25, 0.3) is 0 Å². The Labute approximate surface area is 143 Å². The number of rotatable bonds is 6. The quantitative estimate of drug-likeness (QED) is 0.822. The molecule has 4 heteroatoms. The molecule has 0 saturated carbocycles. The Morgan fingerprint density at radius 2 is 1.62 bits per heavy atom. The highest BCUT2D eigenvalue weighted by atomic mass is 16.2. The number of carbonyl (C=O) groups is 1. The van der Waals surface area contributed by atoms with Crippen molar-refractivity contribution < 1.29 is 4.79 Å². The molecule has 0 bridgehead atoms. The second-order valence-corrected chi connectivity index (χ2v) is 5.98. The number of nitrogens with one attached hydrogen (secondary N) is 2. The van der Waals surface area contributed by atoms with Gasteiger partial charge in [-0.1, -0.05) is 26.0 Å². The Bertz CT molecular complexity index is 714. The van der Waals surface area contributed by atoms with Crippen LogP contribution in [0.25, 0.3) is 0 Å². The maximum Gasteiger partial charge on any atom is 0.246 e. The molecule has 0 spiro atoms. The predicted molar refractivity (Wildman–Crippen MR) is 98.0 cm³/mol. The van der Waals surface area contributed by atoms with E-state index < -0.39 is 0 Å². The summed E-state index contributed by atoms with van der Waals surface area (Å²) in [6.07, 6.45) is 1.11. The zero-order chi connectivity index (χ0) is 17.5. The van der Waals surface area contributed by atoms with Gasteiger partial charge in [0.15, 0.2) is 0 Å². The van der Waals surface area contributed by atoms with E-state index in [1.165, 1.54) is 5.56 Å². The summed E-state index contributed by atoms with van der Waals surface area (Å²) < 4.78 is 0. The minimum atomic E-state index is -0.366. The molecule has 2 aromatic carbocycles. The normalized spacial score (nSPS) is 12.8. The minimum absolute atomic E-state index is 0.120. The van der Waals surface area contributed by atoms with Crippen molar-refractivity contribution in [3.05, 3.63) is 59.7 Å². The predicted octanol–water partition coefficient (Wildman–Crippen LogP) is 4.51. The molecule has 124 valence electrons. The van der Waals surface area contributed by atoms with Gasteiger partial charge in [0.2, 0.25) is 5.91 Å². The number of nitriles is 1. The minimum Gasteiger partial charge on any atom is -0.374 e. The molecule has 2 N–H and O–H groups in total. The van der Waals surface area contributed by atoms with Crippen LogP contribution in [0.1, 0.15) is 44.2 Å². The molecule has 0 aromatic heterocycles. The Morgan fingerprint density at radius 1 is 1.04 bits per heavy atom. The van der Waals surface area contributed by atoms with E-state index in [9.17, 15) is 4.79 Å². The van der Waals surface area contributed by atoms with Gasteiger partial charge in [-0.05, 0) is 61.2 Å². The van der Waals surface area contributed by atoms with Crippen LogP contribution in [-0.2, 0) is 4.79 Å². The first-order valence-corrected chi connectivity index (χ1v) is 8.21. The van der Waals surface area contributed by atoms with E-state index in [-0.39, 0.29) is 11.9 Å². The highest BCUT2D eigenvalue weighted by Gasteiger charge is 2.13. The van der Waals surface area contributed by atoms with Gasteiger partial charge >= 0.3 is 0 Å². The molecule has 0 aliphatic rings. The van der Waals surface area contributed by atoms with Crippen molar-refractivity contribution in [2.24, 2.45) is 0 Å². The van der Waals surface area contributed by atoms with Gasteiger partial charge in [-0.15, -0.1) is 0 Å². The number of hydrogen-bond donors (Lipinski definition) is 2. The van der Waals surface area contributed by atoms with E-state index in [1.54, 1.807) is 24.3 Å². The van der Waals surface area contributed by atoms with Crippen LogP contribution < -0.4 is 10.6 Å². The Kier molecular flexibility index (Phi) is 5.97. The number of amides is 1. The third-order valence-corrected chi connectivity index (χ3v) is 4.15. The van der Waals surface area contributed by atoms with Gasteiger partial charge in [0, 0.05) is 11.4 Å². The lowest BCUT2D eigenvalue weighted by Gasteiger charge is -2.16. The molecule has 4 nitrogen and oxygen atoms in total. The molecular formula is C20H23N3O. The van der Waals surface area contributed by atoms with Crippen LogP contribution in [0.15, 0.2) is 48.5 Å². The van der Waals surface area contributed by atoms with Crippen LogP contribution in [0.5, 0.6) is 0 Å². The number of carbonyl (C=O) groups excluding carboxylic acids is 1. The third-order valence-electron chi connectivity index (χ3n) is 4.15. The van der Waals surface area contributed by atoms with Gasteiger partial charge in [-0.3, -0.25) is 4.79 Å². The first-order chi connectivity index (χ1) is 11.5. The molecule has 2 rings (SSSR count). The second kappa shape index (κ2) is 8.16. The Balaban J connectivity index is 1.94. The van der Waals surface area contributed by atoms with Crippen molar-refractivity contribution in [3.63, 3.8) is 0 Å². The van der Waals surface area contributed by atoms with Crippen molar-refractivity contribution in [2.75, 3.05) is 10.6 Å². The van der Waals surface area contributed by atoms with Gasteiger partial charge in [-0.2, -0.15) is 5.26 Å². The molecule has 2 aromatic rings. The molecule has 0 aliphatic carbocycles. The largest absolute Gasteiger partial charge is 0.374 e. The van der Waals surface area contributed by atoms with Crippen molar-refractivity contribution in [1.82, 2.24) is 0 Å². The first kappa shape index (κ1) is 17.6. The van der Waals surface area contributed by atoms with Crippen molar-refractivity contribution >= 4 is 17.3 Å². The lowest BCUT2D eigenvalue weighted by atomic mass is 9.98. The summed E-state index contributed by atoms with van der Waals surface area (Å²) in [5.41, 5.74) is 3.47. The number of benzene rings is 2. The van der Waals surface area contributed by atoms with Crippen LogP contribution in [-0.4, -0.2) is 11.9 Å². The van der Waals surface area contributed by atoms with Crippen molar-refractivity contribution in [1.29, 1.82) is 5.26 Å². The van der Waals surface area contributed by atoms with Crippen LogP contribution in [0.2, 0.25) is 0 Å². The van der Waals surface area contributed by atoms with Gasteiger partial charge < -0.3 is 10.6 Å². The lowest BCUT2D eigenvalue weighted by Crippen LogP contribution is -2.31. The smallest absolute Gasteiger partial charge is 0.246 e. The summed E-state index contributed by atoms with van der Waals surface area (Å²) in [7, 11) is 0. The summed E-state index contributed by atoms with van der Waals surface area (Å²) in [5.74, 6) is 0.418. The van der Waals surface area contributed by atoms with Crippen molar-refractivity contribution in [2.45, 2.75) is 39.2 Å². The topological polar surface area (TPSA) is 64.9 Å². The highest BCUT2D eigenvalue weighted by Crippen LogP contribution is 2.21. The van der Waals surface area contributed by atoms with E-state index >= 15 is 0 Å². The zero-order valence-electron chi connectivity index (χ0n) is 14.3. The SMILES string of the molecule is CC[C@H](C)c1ccc(N[C@@H](C)C(=O)Nc2ccc(C#N)cc2)cc1. The van der Waals surface area contributed by atoms with E-state index in [4.69, 9.17) is 5.26 Å². The summed E-state index contributed by atoms with van der Waals surface area (Å²) in [5, 5.41) is 14.8. The number of nitrogens with zero attached hydrogens (tertiary/aromatic N) is 1. The maximum atomic E-state index is 12.3. The maximum absolute atomic E-state index is 12.3. The monoisotopic (exact) mass is 321 g/mol. The van der Waals surface area contributed by atoms with Crippen LogP contribution >= 0.6 is 0 Å². The van der Waals surface area contributed by atoms with Crippen LogP contribution in [0.3, 0.4) is 0 Å². The molecule has 0 fully saturated rings. The van der Waals surface area contributed by atoms with Gasteiger partial charge in [0.05, 0.1) is 11.6 Å². The number of anilines is 2. The molecule has 0 aliphatic heterocycles. The average Bonchev–Trinajstić information content (AvgIpc) is 2.62. The Hall–Kier alpha value is -2.80. The lowest BCUT2D eigenvalue weighted by molar-refractivity contribution is -0.116. The second-order valence-electron chi connectivity index (χ2n) is 5.98. The zero-order valence-corrected chi connectivity index (χ0v) is 14.3. The van der Waals surface area contributed by atoms with Crippen molar-refractivity contribution in [3.8, 4) is 6.07 Å². The fourth-order valence-electron chi connectivity index (χ4n) is 2.34. The fourth-order valence-corrected chi connectivity index (χ4v) is 2.34. The molecule has 2 atom stereocenters. The highest BCUT2D eigenvalue weighted by molar-refractivity contribution is 5.96. The molecule has 0 saturated heterocycles. The van der Waals surface area contributed by atoms with Gasteiger partial charge in [0.1, 0.15) is 6.04 Å². The molecule has 0 unspecified atom stereocenters. The molecule has 0 radical (unpaired) electrons. The molecule has 24 heavy (non-hydrogen) atoms. The van der Waals surface area contributed by atoms with Gasteiger partial charge in [-0.25, -0.2) is 0 Å². The average molecular weight is 321 g/mol. The molecular weight excluding hydrogens is 298 g/mol. The van der Waals surface area contributed by atoms with Crippen LogP contribution in [0, 0.1) is 11.3 Å². The molecule has 1 amide bonds. The van der Waals surface area contributed by atoms with E-state index in [0.29, 0.717) is 17.2 Å². The third kappa shape index (κ3) is 4.60. The van der Waals surface area contributed by atoms with Crippen LogP contribution in [0.4, 0.5) is 11.4 Å². The van der Waals surface area contributed by atoms with E-state index in [0.717, 1.165) is 12.1 Å². The summed E-state index contributed by atoms with van der Waals surface area (Å²) in [6.45, 7) is 6.20. The van der Waals surface area contributed by atoms with E-state index in [2.05, 4.69) is 42.7 Å². The fraction of sp³-hybridized carbons (Fsp3) is 0.300. The Morgan fingerprint density at radius 3 is 2.17 bits per heavy atom. The summed E-state index contributed by atoms with van der Waals surface area (Å²) in [6, 6.07) is 16.7. The van der Waals surface area contributed by atoms with E-state index in [1.807, 2.05) is 19.1 Å².